The van der Waals surface area contributed by atoms with Crippen molar-refractivity contribution in [1.82, 2.24) is 10.2 Å². The zero-order valence-corrected chi connectivity index (χ0v) is 13.3. The number of amides is 1. The SMILES string of the molecule is CN(C)C(C(=O)NCCC1CCCCC1)c1ccccc1. The minimum atomic E-state index is -0.197. The molecule has 3 nitrogen and oxygen atoms in total. The number of carbonyl (C=O) groups is 1. The molecule has 1 aliphatic carbocycles. The molecular formula is C18H28N2O. The number of likely N-dealkylation sites (N-methyl/N-ethyl adjacent to an activating group) is 1. The van der Waals surface area contributed by atoms with Crippen LogP contribution in [0, 0.1) is 5.92 Å². The van der Waals surface area contributed by atoms with E-state index in [-0.39, 0.29) is 11.9 Å². The highest BCUT2D eigenvalue weighted by Crippen LogP contribution is 2.26. The highest BCUT2D eigenvalue weighted by atomic mass is 16.2. The van der Waals surface area contributed by atoms with Crippen LogP contribution in [0.5, 0.6) is 0 Å². The first-order chi connectivity index (χ1) is 10.2. The molecule has 1 aromatic rings. The fourth-order valence-electron chi connectivity index (χ4n) is 3.29. The van der Waals surface area contributed by atoms with E-state index in [4.69, 9.17) is 0 Å². The van der Waals surface area contributed by atoms with E-state index in [0.717, 1.165) is 24.4 Å². The number of rotatable bonds is 6. The third kappa shape index (κ3) is 4.85. The molecule has 2 rings (SSSR count). The lowest BCUT2D eigenvalue weighted by atomic mass is 9.87. The summed E-state index contributed by atoms with van der Waals surface area (Å²) in [4.78, 5) is 14.5. The lowest BCUT2D eigenvalue weighted by molar-refractivity contribution is -0.125. The third-order valence-electron chi connectivity index (χ3n) is 4.46. The summed E-state index contributed by atoms with van der Waals surface area (Å²) < 4.78 is 0. The maximum absolute atomic E-state index is 12.5. The number of carbonyl (C=O) groups excluding carboxylic acids is 1. The van der Waals surface area contributed by atoms with Crippen molar-refractivity contribution in [2.75, 3.05) is 20.6 Å². The second-order valence-electron chi connectivity index (χ2n) is 6.36. The summed E-state index contributed by atoms with van der Waals surface area (Å²) in [5.74, 6) is 0.926. The average Bonchev–Trinajstić information content (AvgIpc) is 2.49. The molecular weight excluding hydrogens is 260 g/mol. The van der Waals surface area contributed by atoms with Crippen LogP contribution in [-0.2, 0) is 4.79 Å². The Kier molecular flexibility index (Phi) is 6.24. The fraction of sp³-hybridized carbons (Fsp3) is 0.611. The molecule has 116 valence electrons. The maximum atomic E-state index is 12.5. The Labute approximate surface area is 128 Å². The van der Waals surface area contributed by atoms with Crippen LogP contribution >= 0.6 is 0 Å². The summed E-state index contributed by atoms with van der Waals surface area (Å²) in [7, 11) is 3.91. The Morgan fingerprint density at radius 1 is 1.19 bits per heavy atom. The van der Waals surface area contributed by atoms with Gasteiger partial charge in [0.1, 0.15) is 6.04 Å². The van der Waals surface area contributed by atoms with Gasteiger partial charge in [0.05, 0.1) is 0 Å². The van der Waals surface area contributed by atoms with Gasteiger partial charge < -0.3 is 5.32 Å². The first-order valence-corrected chi connectivity index (χ1v) is 8.17. The van der Waals surface area contributed by atoms with E-state index < -0.39 is 0 Å². The van der Waals surface area contributed by atoms with Gasteiger partial charge in [-0.15, -0.1) is 0 Å². The van der Waals surface area contributed by atoms with Crippen molar-refractivity contribution in [2.45, 2.75) is 44.6 Å². The molecule has 0 spiro atoms. The lowest BCUT2D eigenvalue weighted by Gasteiger charge is -2.25. The van der Waals surface area contributed by atoms with Gasteiger partial charge in [-0.25, -0.2) is 0 Å². The Morgan fingerprint density at radius 2 is 1.86 bits per heavy atom. The van der Waals surface area contributed by atoms with Crippen molar-refractivity contribution >= 4 is 5.91 Å². The highest BCUT2D eigenvalue weighted by Gasteiger charge is 2.22. The van der Waals surface area contributed by atoms with E-state index in [1.54, 1.807) is 0 Å². The van der Waals surface area contributed by atoms with Gasteiger partial charge in [0.2, 0.25) is 5.91 Å². The molecule has 21 heavy (non-hydrogen) atoms. The van der Waals surface area contributed by atoms with Crippen LogP contribution < -0.4 is 5.32 Å². The summed E-state index contributed by atoms with van der Waals surface area (Å²) in [6, 6.07) is 9.80. The molecule has 3 heteroatoms. The Morgan fingerprint density at radius 3 is 2.48 bits per heavy atom. The zero-order valence-electron chi connectivity index (χ0n) is 13.3. The monoisotopic (exact) mass is 288 g/mol. The van der Waals surface area contributed by atoms with Crippen LogP contribution in [0.2, 0.25) is 0 Å². The second-order valence-corrected chi connectivity index (χ2v) is 6.36. The van der Waals surface area contributed by atoms with E-state index in [2.05, 4.69) is 5.32 Å². The van der Waals surface area contributed by atoms with Gasteiger partial charge in [-0.1, -0.05) is 62.4 Å². The minimum Gasteiger partial charge on any atom is -0.354 e. The molecule has 0 bridgehead atoms. The van der Waals surface area contributed by atoms with Crippen molar-refractivity contribution in [2.24, 2.45) is 5.92 Å². The largest absolute Gasteiger partial charge is 0.354 e. The molecule has 1 aromatic carbocycles. The van der Waals surface area contributed by atoms with Crippen molar-refractivity contribution < 1.29 is 4.79 Å². The molecule has 1 aliphatic rings. The summed E-state index contributed by atoms with van der Waals surface area (Å²) in [5.41, 5.74) is 1.05. The maximum Gasteiger partial charge on any atom is 0.241 e. The number of benzene rings is 1. The molecule has 1 unspecified atom stereocenters. The molecule has 0 heterocycles. The van der Waals surface area contributed by atoms with Gasteiger partial charge in [-0.05, 0) is 32.0 Å². The van der Waals surface area contributed by atoms with Crippen LogP contribution in [-0.4, -0.2) is 31.4 Å². The quantitative estimate of drug-likeness (QED) is 0.870. The number of hydrogen-bond donors (Lipinski definition) is 1. The third-order valence-corrected chi connectivity index (χ3v) is 4.46. The number of nitrogens with zero attached hydrogens (tertiary/aromatic N) is 1. The molecule has 0 radical (unpaired) electrons. The first kappa shape index (κ1) is 16.0. The standard InChI is InChI=1S/C18H28N2O/c1-20(2)17(16-11-7-4-8-12-16)18(21)19-14-13-15-9-5-3-6-10-15/h4,7-8,11-12,15,17H,3,5-6,9-10,13-14H2,1-2H3,(H,19,21). The highest BCUT2D eigenvalue weighted by molar-refractivity contribution is 5.83. The van der Waals surface area contributed by atoms with E-state index in [9.17, 15) is 4.79 Å². The lowest BCUT2D eigenvalue weighted by Crippen LogP contribution is -2.37. The normalized spacial score (nSPS) is 17.7. The van der Waals surface area contributed by atoms with Crippen LogP contribution in [0.1, 0.15) is 50.1 Å². The van der Waals surface area contributed by atoms with Gasteiger partial charge in [0.25, 0.3) is 0 Å². The number of hydrogen-bond acceptors (Lipinski definition) is 2. The summed E-state index contributed by atoms with van der Waals surface area (Å²) in [6.45, 7) is 0.806. The van der Waals surface area contributed by atoms with E-state index in [1.807, 2.05) is 49.3 Å². The van der Waals surface area contributed by atoms with Crippen LogP contribution in [0.4, 0.5) is 0 Å². The Balaban J connectivity index is 1.84. The summed E-state index contributed by atoms with van der Waals surface area (Å²) in [5, 5.41) is 3.13. The first-order valence-electron chi connectivity index (χ1n) is 8.17. The van der Waals surface area contributed by atoms with Gasteiger partial charge >= 0.3 is 0 Å². The van der Waals surface area contributed by atoms with Crippen LogP contribution in [0.25, 0.3) is 0 Å². The molecule has 1 N–H and O–H groups in total. The molecule has 1 saturated carbocycles. The van der Waals surface area contributed by atoms with E-state index in [1.165, 1.54) is 32.1 Å². The smallest absolute Gasteiger partial charge is 0.241 e. The van der Waals surface area contributed by atoms with Crippen LogP contribution in [0.3, 0.4) is 0 Å². The van der Waals surface area contributed by atoms with Gasteiger partial charge in [0.15, 0.2) is 0 Å². The zero-order chi connectivity index (χ0) is 15.1. The summed E-state index contributed by atoms with van der Waals surface area (Å²) >= 11 is 0. The average molecular weight is 288 g/mol. The van der Waals surface area contributed by atoms with Crippen LogP contribution in [0.15, 0.2) is 30.3 Å². The predicted molar refractivity (Wildman–Crippen MR) is 87.1 cm³/mol. The van der Waals surface area contributed by atoms with Gasteiger partial charge in [-0.2, -0.15) is 0 Å². The van der Waals surface area contributed by atoms with Crippen molar-refractivity contribution in [3.05, 3.63) is 35.9 Å². The molecule has 0 aliphatic heterocycles. The topological polar surface area (TPSA) is 32.3 Å². The minimum absolute atomic E-state index is 0.113. The van der Waals surface area contributed by atoms with Crippen molar-refractivity contribution in [1.29, 1.82) is 0 Å². The molecule has 1 atom stereocenters. The number of nitrogens with one attached hydrogen (secondary N) is 1. The Hall–Kier alpha value is -1.35. The molecule has 0 saturated heterocycles. The van der Waals surface area contributed by atoms with Crippen molar-refractivity contribution in [3.8, 4) is 0 Å². The summed E-state index contributed by atoms with van der Waals surface area (Å²) in [6.07, 6.45) is 7.92. The van der Waals surface area contributed by atoms with E-state index in [0.29, 0.717) is 0 Å². The predicted octanol–water partition coefficient (Wildman–Crippen LogP) is 3.38. The van der Waals surface area contributed by atoms with Gasteiger partial charge in [-0.3, -0.25) is 9.69 Å². The molecule has 1 amide bonds. The van der Waals surface area contributed by atoms with E-state index >= 15 is 0 Å². The second kappa shape index (κ2) is 8.18. The van der Waals surface area contributed by atoms with Gasteiger partial charge in [0, 0.05) is 6.54 Å². The Bertz CT molecular complexity index is 424. The van der Waals surface area contributed by atoms with Crippen molar-refractivity contribution in [3.63, 3.8) is 0 Å². The molecule has 1 fully saturated rings. The molecule has 0 aromatic heterocycles. The fourth-order valence-corrected chi connectivity index (χ4v) is 3.29.